The van der Waals surface area contributed by atoms with Crippen molar-refractivity contribution in [2.45, 2.75) is 11.3 Å². The summed E-state index contributed by atoms with van der Waals surface area (Å²) in [7, 11) is -3.92. The molecule has 0 fully saturated rings. The topological polar surface area (TPSA) is 84.1 Å². The standard InChI is InChI=1S/C10H8F3N3O3S/c11-10(12,13)19-7-1-3-8(4-2-7)20(17,18)16-9-14-5-6-15-9/h1-6H,(H2,14,15,16). The van der Waals surface area contributed by atoms with Crippen LogP contribution in [-0.4, -0.2) is 24.7 Å². The SMILES string of the molecule is O=S(=O)(Nc1ncc[nH]1)c1ccc(OC(F)(F)F)cc1. The molecule has 0 atom stereocenters. The molecule has 2 aromatic rings. The fourth-order valence-electron chi connectivity index (χ4n) is 1.33. The highest BCUT2D eigenvalue weighted by Gasteiger charge is 2.31. The van der Waals surface area contributed by atoms with Crippen LogP contribution >= 0.6 is 0 Å². The van der Waals surface area contributed by atoms with Crippen LogP contribution in [0.2, 0.25) is 0 Å². The van der Waals surface area contributed by atoms with E-state index in [0.717, 1.165) is 24.3 Å². The molecule has 0 saturated heterocycles. The van der Waals surface area contributed by atoms with Crippen molar-refractivity contribution in [2.75, 3.05) is 4.72 Å². The molecule has 0 unspecified atom stereocenters. The van der Waals surface area contributed by atoms with Crippen LogP contribution in [0.4, 0.5) is 19.1 Å². The summed E-state index contributed by atoms with van der Waals surface area (Å²) in [5.74, 6) is -0.505. The van der Waals surface area contributed by atoms with E-state index < -0.39 is 22.1 Å². The number of aromatic amines is 1. The van der Waals surface area contributed by atoms with Crippen molar-refractivity contribution in [3.8, 4) is 5.75 Å². The molecule has 0 aliphatic heterocycles. The van der Waals surface area contributed by atoms with Gasteiger partial charge in [-0.1, -0.05) is 0 Å². The molecule has 0 aliphatic carbocycles. The van der Waals surface area contributed by atoms with E-state index in [1.165, 1.54) is 12.4 Å². The lowest BCUT2D eigenvalue weighted by Crippen LogP contribution is -2.17. The fraction of sp³-hybridized carbons (Fsp3) is 0.100. The Balaban J connectivity index is 2.17. The molecule has 108 valence electrons. The molecule has 0 amide bonds. The first-order valence-electron chi connectivity index (χ1n) is 5.14. The van der Waals surface area contributed by atoms with Gasteiger partial charge in [0, 0.05) is 12.4 Å². The molecular weight excluding hydrogens is 299 g/mol. The fourth-order valence-corrected chi connectivity index (χ4v) is 2.31. The first-order chi connectivity index (χ1) is 9.26. The van der Waals surface area contributed by atoms with Crippen LogP contribution in [0.15, 0.2) is 41.6 Å². The minimum atomic E-state index is -4.83. The number of imidazole rings is 1. The van der Waals surface area contributed by atoms with Gasteiger partial charge >= 0.3 is 6.36 Å². The number of hydrogen-bond acceptors (Lipinski definition) is 4. The second kappa shape index (κ2) is 5.04. The van der Waals surface area contributed by atoms with Crippen LogP contribution in [0.5, 0.6) is 5.75 Å². The maximum Gasteiger partial charge on any atom is 0.573 e. The van der Waals surface area contributed by atoms with E-state index in [-0.39, 0.29) is 10.8 Å². The highest BCUT2D eigenvalue weighted by Crippen LogP contribution is 2.24. The van der Waals surface area contributed by atoms with E-state index in [4.69, 9.17) is 0 Å². The van der Waals surface area contributed by atoms with Gasteiger partial charge in [0.1, 0.15) is 5.75 Å². The molecule has 20 heavy (non-hydrogen) atoms. The average molecular weight is 307 g/mol. The number of nitrogens with zero attached hydrogens (tertiary/aromatic N) is 1. The quantitative estimate of drug-likeness (QED) is 0.906. The molecular formula is C10H8F3N3O3S. The average Bonchev–Trinajstić information content (AvgIpc) is 2.79. The van der Waals surface area contributed by atoms with Crippen molar-refractivity contribution in [2.24, 2.45) is 0 Å². The van der Waals surface area contributed by atoms with Crippen molar-refractivity contribution in [1.29, 1.82) is 0 Å². The van der Waals surface area contributed by atoms with Crippen LogP contribution in [0, 0.1) is 0 Å². The van der Waals surface area contributed by atoms with Gasteiger partial charge in [-0.05, 0) is 24.3 Å². The summed E-state index contributed by atoms with van der Waals surface area (Å²) in [6, 6.07) is 3.80. The Kier molecular flexibility index (Phi) is 3.57. The van der Waals surface area contributed by atoms with Gasteiger partial charge < -0.3 is 9.72 Å². The van der Waals surface area contributed by atoms with Gasteiger partial charge in [-0.3, -0.25) is 0 Å². The molecule has 0 spiro atoms. The molecule has 0 aliphatic rings. The summed E-state index contributed by atoms with van der Waals surface area (Å²) in [4.78, 5) is 5.99. The summed E-state index contributed by atoms with van der Waals surface area (Å²) in [5, 5.41) is 0. The number of alkyl halides is 3. The largest absolute Gasteiger partial charge is 0.573 e. The lowest BCUT2D eigenvalue weighted by Gasteiger charge is -2.09. The molecule has 0 radical (unpaired) electrons. The predicted molar refractivity (Wildman–Crippen MR) is 62.5 cm³/mol. The third kappa shape index (κ3) is 3.63. The number of H-pyrrole nitrogens is 1. The number of benzene rings is 1. The van der Waals surface area contributed by atoms with E-state index in [9.17, 15) is 21.6 Å². The summed E-state index contributed by atoms with van der Waals surface area (Å²) in [5.41, 5.74) is 0. The molecule has 2 N–H and O–H groups in total. The van der Waals surface area contributed by atoms with Gasteiger partial charge in [-0.2, -0.15) is 0 Å². The van der Waals surface area contributed by atoms with E-state index in [0.29, 0.717) is 0 Å². The molecule has 0 saturated carbocycles. The summed E-state index contributed by atoms with van der Waals surface area (Å²) < 4.78 is 65.4. The molecule has 0 bridgehead atoms. The molecule has 6 nitrogen and oxygen atoms in total. The highest BCUT2D eigenvalue weighted by atomic mass is 32.2. The van der Waals surface area contributed by atoms with Gasteiger partial charge in [-0.15, -0.1) is 13.2 Å². The maximum absolute atomic E-state index is 12.0. The van der Waals surface area contributed by atoms with Crippen molar-refractivity contribution < 1.29 is 26.3 Å². The number of hydrogen-bond donors (Lipinski definition) is 2. The zero-order valence-corrected chi connectivity index (χ0v) is 10.5. The minimum Gasteiger partial charge on any atom is -0.406 e. The Labute approximate surface area is 111 Å². The molecule has 2 rings (SSSR count). The number of sulfonamides is 1. The number of rotatable bonds is 4. The summed E-state index contributed by atoms with van der Waals surface area (Å²) in [6.07, 6.45) is -2.07. The second-order valence-electron chi connectivity index (χ2n) is 3.56. The number of nitrogens with one attached hydrogen (secondary N) is 2. The van der Waals surface area contributed by atoms with Crippen LogP contribution < -0.4 is 9.46 Å². The first-order valence-corrected chi connectivity index (χ1v) is 6.63. The van der Waals surface area contributed by atoms with E-state index in [1.54, 1.807) is 0 Å². The van der Waals surface area contributed by atoms with Crippen molar-refractivity contribution in [1.82, 2.24) is 9.97 Å². The zero-order chi connectivity index (χ0) is 14.8. The Morgan fingerprint density at radius 3 is 2.35 bits per heavy atom. The van der Waals surface area contributed by atoms with Crippen molar-refractivity contribution in [3.63, 3.8) is 0 Å². The maximum atomic E-state index is 12.0. The van der Waals surface area contributed by atoms with Crippen LogP contribution in [0.1, 0.15) is 0 Å². The zero-order valence-electron chi connectivity index (χ0n) is 9.68. The summed E-state index contributed by atoms with van der Waals surface area (Å²) >= 11 is 0. The van der Waals surface area contributed by atoms with E-state index in [2.05, 4.69) is 19.4 Å². The Bertz CT molecular complexity index is 666. The Morgan fingerprint density at radius 2 is 1.85 bits per heavy atom. The molecule has 10 heteroatoms. The van der Waals surface area contributed by atoms with Crippen LogP contribution in [0.3, 0.4) is 0 Å². The second-order valence-corrected chi connectivity index (χ2v) is 5.24. The van der Waals surface area contributed by atoms with Gasteiger partial charge in [-0.25, -0.2) is 18.1 Å². The van der Waals surface area contributed by atoms with Crippen LogP contribution in [-0.2, 0) is 10.0 Å². The lowest BCUT2D eigenvalue weighted by atomic mass is 10.3. The van der Waals surface area contributed by atoms with Gasteiger partial charge in [0.15, 0.2) is 0 Å². The van der Waals surface area contributed by atoms with Crippen molar-refractivity contribution in [3.05, 3.63) is 36.7 Å². The van der Waals surface area contributed by atoms with Gasteiger partial charge in [0.05, 0.1) is 4.90 Å². The van der Waals surface area contributed by atoms with E-state index in [1.807, 2.05) is 0 Å². The van der Waals surface area contributed by atoms with Gasteiger partial charge in [0.2, 0.25) is 5.95 Å². The number of anilines is 1. The molecule has 1 aromatic carbocycles. The number of halogens is 3. The molecule has 1 heterocycles. The summed E-state index contributed by atoms with van der Waals surface area (Å²) in [6.45, 7) is 0. The normalized spacial score (nSPS) is 12.2. The minimum absolute atomic E-state index is 0.000572. The van der Waals surface area contributed by atoms with E-state index >= 15 is 0 Å². The molecule has 1 aromatic heterocycles. The third-order valence-corrected chi connectivity index (χ3v) is 3.45. The van der Waals surface area contributed by atoms with Crippen LogP contribution in [0.25, 0.3) is 0 Å². The predicted octanol–water partition coefficient (Wildman–Crippen LogP) is 2.11. The first kappa shape index (κ1) is 14.2. The Morgan fingerprint density at radius 1 is 1.20 bits per heavy atom. The smallest absolute Gasteiger partial charge is 0.406 e. The number of aromatic nitrogens is 2. The Hall–Kier alpha value is -2.23. The third-order valence-electron chi connectivity index (χ3n) is 2.10. The van der Waals surface area contributed by atoms with Crippen molar-refractivity contribution >= 4 is 16.0 Å². The number of ether oxygens (including phenoxy) is 1. The highest BCUT2D eigenvalue weighted by molar-refractivity contribution is 7.92. The lowest BCUT2D eigenvalue weighted by molar-refractivity contribution is -0.274. The van der Waals surface area contributed by atoms with Gasteiger partial charge in [0.25, 0.3) is 10.0 Å². The monoisotopic (exact) mass is 307 g/mol.